The number of nitrogens with one attached hydrogen (secondary N) is 1. The lowest BCUT2D eigenvalue weighted by Crippen LogP contribution is -2.29. The van der Waals surface area contributed by atoms with Crippen LogP contribution in [0, 0.1) is 0 Å². The third kappa shape index (κ3) is 1.92. The Labute approximate surface area is 119 Å². The van der Waals surface area contributed by atoms with Gasteiger partial charge in [-0.05, 0) is 37.6 Å². The first-order chi connectivity index (χ1) is 9.72. The second kappa shape index (κ2) is 4.93. The summed E-state index contributed by atoms with van der Waals surface area (Å²) in [4.78, 5) is 2.25. The van der Waals surface area contributed by atoms with Crippen LogP contribution in [0.4, 0.5) is 22.7 Å². The third-order valence-corrected chi connectivity index (χ3v) is 3.64. The van der Waals surface area contributed by atoms with Crippen molar-refractivity contribution in [3.8, 4) is 0 Å². The number of hydrogen-bond acceptors (Lipinski definition) is 3. The summed E-state index contributed by atoms with van der Waals surface area (Å²) in [6, 6.07) is 14.5. The number of allylic oxidation sites excluding steroid dienone is 1. The first-order valence-corrected chi connectivity index (χ1v) is 6.88. The van der Waals surface area contributed by atoms with Crippen molar-refractivity contribution in [1.29, 1.82) is 0 Å². The van der Waals surface area contributed by atoms with E-state index in [-0.39, 0.29) is 6.17 Å². The maximum Gasteiger partial charge on any atom is 0.101 e. The highest BCUT2D eigenvalue weighted by Crippen LogP contribution is 2.42. The predicted octanol–water partition coefficient (Wildman–Crippen LogP) is 4.21. The van der Waals surface area contributed by atoms with Crippen molar-refractivity contribution in [2.75, 3.05) is 16.0 Å². The topological polar surface area (TPSA) is 41.3 Å². The van der Waals surface area contributed by atoms with Crippen LogP contribution in [0.1, 0.15) is 19.4 Å². The Bertz CT molecular complexity index is 661. The number of anilines is 4. The Kier molecular flexibility index (Phi) is 3.11. The Morgan fingerprint density at radius 2 is 1.85 bits per heavy atom. The number of rotatable bonds is 2. The lowest BCUT2D eigenvalue weighted by atomic mass is 10.1. The first kappa shape index (κ1) is 12.6. The van der Waals surface area contributed by atoms with Crippen LogP contribution >= 0.6 is 0 Å². The van der Waals surface area contributed by atoms with E-state index in [0.29, 0.717) is 0 Å². The standard InChI is InChI=1S/C17H19N3/c1-3-7-13-8-6-11-16(17(13)18)20-12(2)19-14-9-4-5-10-15(14)20/h3-12,19H,18H2,1-2H3/b7-3-. The van der Waals surface area contributed by atoms with Crippen molar-refractivity contribution < 1.29 is 0 Å². The molecule has 1 unspecified atom stereocenters. The molecule has 0 spiro atoms. The highest BCUT2D eigenvalue weighted by molar-refractivity contribution is 5.89. The molecule has 1 heterocycles. The summed E-state index contributed by atoms with van der Waals surface area (Å²) in [5, 5.41) is 3.48. The molecule has 2 aromatic carbocycles. The van der Waals surface area contributed by atoms with Gasteiger partial charge >= 0.3 is 0 Å². The van der Waals surface area contributed by atoms with E-state index in [1.165, 1.54) is 5.69 Å². The number of nitrogens with zero attached hydrogens (tertiary/aromatic N) is 1. The predicted molar refractivity (Wildman–Crippen MR) is 87.2 cm³/mol. The number of para-hydroxylation sites is 3. The van der Waals surface area contributed by atoms with Crippen LogP contribution in [0.2, 0.25) is 0 Å². The Morgan fingerprint density at radius 3 is 2.65 bits per heavy atom. The van der Waals surface area contributed by atoms with Crippen LogP contribution in [0.5, 0.6) is 0 Å². The molecule has 0 bridgehead atoms. The molecular weight excluding hydrogens is 246 g/mol. The van der Waals surface area contributed by atoms with Gasteiger partial charge in [0, 0.05) is 0 Å². The summed E-state index contributed by atoms with van der Waals surface area (Å²) in [6.07, 6.45) is 4.24. The van der Waals surface area contributed by atoms with Gasteiger partial charge in [0.25, 0.3) is 0 Å². The van der Waals surface area contributed by atoms with Crippen LogP contribution < -0.4 is 16.0 Å². The molecule has 102 valence electrons. The summed E-state index contributed by atoms with van der Waals surface area (Å²) in [7, 11) is 0. The van der Waals surface area contributed by atoms with Gasteiger partial charge < -0.3 is 16.0 Å². The molecule has 1 atom stereocenters. The summed E-state index contributed by atoms with van der Waals surface area (Å²) in [5.41, 5.74) is 11.6. The highest BCUT2D eigenvalue weighted by Gasteiger charge is 2.27. The van der Waals surface area contributed by atoms with Gasteiger partial charge in [-0.2, -0.15) is 0 Å². The van der Waals surface area contributed by atoms with Gasteiger partial charge in [-0.15, -0.1) is 0 Å². The molecule has 1 aliphatic heterocycles. The van der Waals surface area contributed by atoms with Gasteiger partial charge in [-0.3, -0.25) is 0 Å². The molecule has 0 aliphatic carbocycles. The van der Waals surface area contributed by atoms with Crippen molar-refractivity contribution in [2.45, 2.75) is 20.0 Å². The second-order valence-corrected chi connectivity index (χ2v) is 4.99. The normalized spacial score (nSPS) is 17.3. The maximum atomic E-state index is 6.35. The van der Waals surface area contributed by atoms with Crippen LogP contribution in [-0.2, 0) is 0 Å². The molecule has 3 heteroatoms. The van der Waals surface area contributed by atoms with Gasteiger partial charge in [0.05, 0.1) is 22.7 Å². The Balaban J connectivity index is 2.12. The van der Waals surface area contributed by atoms with E-state index in [1.807, 2.05) is 31.2 Å². The molecule has 0 saturated carbocycles. The van der Waals surface area contributed by atoms with E-state index in [1.54, 1.807) is 0 Å². The fourth-order valence-corrected chi connectivity index (χ4v) is 2.75. The van der Waals surface area contributed by atoms with E-state index in [9.17, 15) is 0 Å². The van der Waals surface area contributed by atoms with Crippen molar-refractivity contribution >= 4 is 28.8 Å². The first-order valence-electron chi connectivity index (χ1n) is 6.88. The summed E-state index contributed by atoms with van der Waals surface area (Å²) in [5.74, 6) is 0. The third-order valence-electron chi connectivity index (χ3n) is 3.64. The average molecular weight is 265 g/mol. The van der Waals surface area contributed by atoms with E-state index in [4.69, 9.17) is 5.73 Å². The van der Waals surface area contributed by atoms with Crippen LogP contribution in [-0.4, -0.2) is 6.17 Å². The summed E-state index contributed by atoms with van der Waals surface area (Å²) < 4.78 is 0. The van der Waals surface area contributed by atoms with E-state index in [2.05, 4.69) is 47.5 Å². The lowest BCUT2D eigenvalue weighted by Gasteiger charge is -2.26. The number of nitrogen functional groups attached to an aromatic ring is 1. The highest BCUT2D eigenvalue weighted by atomic mass is 15.3. The van der Waals surface area contributed by atoms with E-state index in [0.717, 1.165) is 22.6 Å². The lowest BCUT2D eigenvalue weighted by molar-refractivity contribution is 0.843. The largest absolute Gasteiger partial charge is 0.397 e. The molecule has 0 amide bonds. The van der Waals surface area contributed by atoms with Gasteiger partial charge in [0.1, 0.15) is 6.17 Å². The molecule has 3 N–H and O–H groups in total. The smallest absolute Gasteiger partial charge is 0.101 e. The SMILES string of the molecule is C/C=C\c1cccc(N2c3ccccc3NC2C)c1N. The van der Waals surface area contributed by atoms with Gasteiger partial charge in [-0.25, -0.2) is 0 Å². The Hall–Kier alpha value is -2.42. The summed E-state index contributed by atoms with van der Waals surface area (Å²) >= 11 is 0. The monoisotopic (exact) mass is 265 g/mol. The van der Waals surface area contributed by atoms with Gasteiger partial charge in [0.15, 0.2) is 0 Å². The minimum absolute atomic E-state index is 0.190. The van der Waals surface area contributed by atoms with Gasteiger partial charge in [0.2, 0.25) is 0 Å². The van der Waals surface area contributed by atoms with Crippen LogP contribution in [0.15, 0.2) is 48.5 Å². The van der Waals surface area contributed by atoms with Crippen molar-refractivity contribution in [2.24, 2.45) is 0 Å². The minimum Gasteiger partial charge on any atom is -0.397 e. The van der Waals surface area contributed by atoms with Crippen molar-refractivity contribution in [3.05, 3.63) is 54.1 Å². The number of fused-ring (bicyclic) bond motifs is 1. The quantitative estimate of drug-likeness (QED) is 0.799. The molecular formula is C17H19N3. The maximum absolute atomic E-state index is 6.35. The zero-order chi connectivity index (χ0) is 14.1. The molecule has 0 radical (unpaired) electrons. The van der Waals surface area contributed by atoms with Crippen LogP contribution in [0.3, 0.4) is 0 Å². The van der Waals surface area contributed by atoms with Crippen molar-refractivity contribution in [1.82, 2.24) is 0 Å². The minimum atomic E-state index is 0.190. The summed E-state index contributed by atoms with van der Waals surface area (Å²) in [6.45, 7) is 4.14. The fourth-order valence-electron chi connectivity index (χ4n) is 2.75. The number of benzene rings is 2. The molecule has 1 aliphatic rings. The molecule has 3 rings (SSSR count). The molecule has 2 aromatic rings. The molecule has 3 nitrogen and oxygen atoms in total. The zero-order valence-corrected chi connectivity index (χ0v) is 11.8. The van der Waals surface area contributed by atoms with E-state index >= 15 is 0 Å². The molecule has 0 saturated heterocycles. The van der Waals surface area contributed by atoms with Crippen molar-refractivity contribution in [3.63, 3.8) is 0 Å². The zero-order valence-electron chi connectivity index (χ0n) is 11.8. The van der Waals surface area contributed by atoms with E-state index < -0.39 is 0 Å². The average Bonchev–Trinajstić information content (AvgIpc) is 2.77. The number of hydrogen-bond donors (Lipinski definition) is 2. The molecule has 20 heavy (non-hydrogen) atoms. The fraction of sp³-hybridized carbons (Fsp3) is 0.176. The molecule has 0 aromatic heterocycles. The van der Waals surface area contributed by atoms with Gasteiger partial charge in [-0.1, -0.05) is 36.4 Å². The van der Waals surface area contributed by atoms with Crippen LogP contribution in [0.25, 0.3) is 6.08 Å². The number of nitrogens with two attached hydrogens (primary N) is 1. The molecule has 0 fully saturated rings. The second-order valence-electron chi connectivity index (χ2n) is 4.99. The Morgan fingerprint density at radius 1 is 1.10 bits per heavy atom.